The Morgan fingerprint density at radius 2 is 1.71 bits per heavy atom. The third kappa shape index (κ3) is 6.93. The Morgan fingerprint density at radius 3 is 2.42 bits per heavy atom. The molecule has 4 aliphatic rings. The summed E-state index contributed by atoms with van der Waals surface area (Å²) in [7, 11) is 0. The van der Waals surface area contributed by atoms with Crippen LogP contribution in [0.25, 0.3) is 0 Å². The first kappa shape index (κ1) is 32.4. The molecule has 3 atom stereocenters. The zero-order valence-electron chi connectivity index (χ0n) is 26.9. The van der Waals surface area contributed by atoms with Crippen molar-refractivity contribution in [2.24, 2.45) is 11.8 Å². The highest BCUT2D eigenvalue weighted by Crippen LogP contribution is 2.48. The van der Waals surface area contributed by atoms with Gasteiger partial charge in [0.25, 0.3) is 0 Å². The number of ether oxygens (including phenoxy) is 2. The molecule has 2 bridgehead atoms. The van der Waals surface area contributed by atoms with Gasteiger partial charge in [-0.15, -0.1) is 0 Å². The summed E-state index contributed by atoms with van der Waals surface area (Å²) >= 11 is 13.2. The molecular formula is C38H47Cl2N2O3+. The van der Waals surface area contributed by atoms with Crippen LogP contribution in [-0.4, -0.2) is 60.3 Å². The van der Waals surface area contributed by atoms with Gasteiger partial charge in [-0.1, -0.05) is 71.7 Å². The molecule has 240 valence electrons. The van der Waals surface area contributed by atoms with Gasteiger partial charge in [0.2, 0.25) is 5.91 Å². The molecule has 1 amide bonds. The lowest BCUT2D eigenvalue weighted by atomic mass is 9.72. The van der Waals surface area contributed by atoms with Crippen LogP contribution >= 0.6 is 23.2 Å². The highest BCUT2D eigenvalue weighted by Gasteiger charge is 2.55. The first-order chi connectivity index (χ1) is 21.7. The van der Waals surface area contributed by atoms with Crippen molar-refractivity contribution in [1.29, 1.82) is 0 Å². The van der Waals surface area contributed by atoms with Crippen LogP contribution in [0.4, 0.5) is 0 Å². The van der Waals surface area contributed by atoms with Gasteiger partial charge < -0.3 is 14.4 Å². The average Bonchev–Trinajstić information content (AvgIpc) is 3.04. The van der Waals surface area contributed by atoms with E-state index in [4.69, 9.17) is 32.7 Å². The van der Waals surface area contributed by atoms with E-state index in [1.807, 2.05) is 55.1 Å². The van der Waals surface area contributed by atoms with Gasteiger partial charge in [0.1, 0.15) is 11.4 Å². The number of hydrogen-bond acceptors (Lipinski definition) is 3. The van der Waals surface area contributed by atoms with Crippen molar-refractivity contribution >= 4 is 29.1 Å². The van der Waals surface area contributed by atoms with Gasteiger partial charge in [0.05, 0.1) is 48.7 Å². The number of nitrogens with zero attached hydrogens (tertiary/aromatic N) is 2. The summed E-state index contributed by atoms with van der Waals surface area (Å²) in [6.07, 6.45) is 5.76. The van der Waals surface area contributed by atoms with Gasteiger partial charge in [0.15, 0.2) is 6.23 Å². The largest absolute Gasteiger partial charge is 0.491 e. The Morgan fingerprint density at radius 1 is 0.956 bits per heavy atom. The number of halogens is 2. The predicted octanol–water partition coefficient (Wildman–Crippen LogP) is 8.30. The van der Waals surface area contributed by atoms with Gasteiger partial charge in [-0.3, -0.25) is 9.28 Å². The molecule has 7 heteroatoms. The monoisotopic (exact) mass is 649 g/mol. The Labute approximate surface area is 279 Å². The van der Waals surface area contributed by atoms with E-state index in [0.717, 1.165) is 60.3 Å². The summed E-state index contributed by atoms with van der Waals surface area (Å²) in [5, 5.41) is 1.05. The summed E-state index contributed by atoms with van der Waals surface area (Å²) in [6.45, 7) is 10.9. The third-order valence-electron chi connectivity index (χ3n) is 10.6. The maximum atomic E-state index is 14.1. The van der Waals surface area contributed by atoms with E-state index < -0.39 is 5.60 Å². The predicted molar refractivity (Wildman–Crippen MR) is 182 cm³/mol. The number of likely N-dealkylation sites (tertiary alicyclic amines) is 1. The van der Waals surface area contributed by atoms with Gasteiger partial charge in [-0.25, -0.2) is 0 Å². The van der Waals surface area contributed by atoms with Crippen LogP contribution in [0, 0.1) is 11.8 Å². The van der Waals surface area contributed by atoms with Crippen molar-refractivity contribution in [3.8, 4) is 5.75 Å². The van der Waals surface area contributed by atoms with Gasteiger partial charge >= 0.3 is 0 Å². The molecule has 3 aromatic carbocycles. The highest BCUT2D eigenvalue weighted by molar-refractivity contribution is 6.42. The Hall–Kier alpha value is -2.57. The van der Waals surface area contributed by atoms with Crippen molar-refractivity contribution in [2.75, 3.05) is 32.7 Å². The number of hydrogen-bond donors (Lipinski definition) is 0. The lowest BCUT2D eigenvalue weighted by Gasteiger charge is -2.57. The van der Waals surface area contributed by atoms with E-state index in [1.54, 1.807) is 0 Å². The molecule has 45 heavy (non-hydrogen) atoms. The van der Waals surface area contributed by atoms with Crippen LogP contribution in [0.5, 0.6) is 5.75 Å². The molecule has 0 aromatic heterocycles. The molecule has 4 aliphatic heterocycles. The normalized spacial score (nSPS) is 28.0. The third-order valence-corrected chi connectivity index (χ3v) is 11.4. The van der Waals surface area contributed by atoms with Crippen LogP contribution < -0.4 is 4.74 Å². The molecule has 4 heterocycles. The minimum absolute atomic E-state index is 0.0726. The summed E-state index contributed by atoms with van der Waals surface area (Å²) < 4.78 is 14.6. The second kappa shape index (κ2) is 13.7. The van der Waals surface area contributed by atoms with Crippen LogP contribution in [0.1, 0.15) is 63.1 Å². The molecule has 5 nitrogen and oxygen atoms in total. The minimum Gasteiger partial charge on any atom is -0.491 e. The Bertz CT molecular complexity index is 1470. The molecule has 0 aliphatic carbocycles. The van der Waals surface area contributed by atoms with Gasteiger partial charge in [-0.05, 0) is 86.4 Å². The lowest BCUT2D eigenvalue weighted by molar-refractivity contribution is -0.987. The summed E-state index contributed by atoms with van der Waals surface area (Å²) in [4.78, 5) is 16.2. The van der Waals surface area contributed by atoms with E-state index in [1.165, 1.54) is 18.4 Å². The molecule has 0 saturated carbocycles. The number of fused-ring (bicyclic) bond motifs is 3. The van der Waals surface area contributed by atoms with E-state index in [-0.39, 0.29) is 24.2 Å². The number of benzene rings is 3. The summed E-state index contributed by atoms with van der Waals surface area (Å²) in [6, 6.07) is 24.6. The van der Waals surface area contributed by atoms with Crippen LogP contribution in [0.3, 0.4) is 0 Å². The first-order valence-electron chi connectivity index (χ1n) is 16.8. The number of piperidine rings is 4. The molecule has 4 fully saturated rings. The molecule has 3 unspecified atom stereocenters. The van der Waals surface area contributed by atoms with Crippen molar-refractivity contribution in [2.45, 2.75) is 77.2 Å². The van der Waals surface area contributed by atoms with Crippen molar-refractivity contribution in [1.82, 2.24) is 4.90 Å². The van der Waals surface area contributed by atoms with E-state index in [9.17, 15) is 4.79 Å². The van der Waals surface area contributed by atoms with Crippen molar-refractivity contribution < 1.29 is 18.8 Å². The molecule has 4 saturated heterocycles. The number of carbonyl (C=O) groups excluding carboxylic acids is 1. The topological polar surface area (TPSA) is 38.8 Å². The molecule has 0 N–H and O–H groups in total. The second-order valence-electron chi connectivity index (χ2n) is 13.7. The maximum Gasteiger partial charge on any atom is 0.227 e. The number of amides is 1. The Kier molecular flexibility index (Phi) is 9.82. The number of carbonyl (C=O) groups is 1. The molecule has 7 rings (SSSR count). The standard InChI is InChI=1S/C38H47Cl2N2O3/c1-4-42-19-16-29(17-20-42)24-37(42)45-38(31-13-14-34(39)35(40)25-31)26-41(18-15-32(38)21-28-9-6-5-7-10-28)36(43)23-30-11-8-12-33(22-30)44-27(2)3/h5-14,22,25,27,29,32,37H,4,15-21,23-24,26H2,1-3H3/q+1. The lowest BCUT2D eigenvalue weighted by Crippen LogP contribution is -2.68. The van der Waals surface area contributed by atoms with Crippen LogP contribution in [0.2, 0.25) is 10.0 Å². The SMILES string of the molecule is CC[N+]12CCC(CC1)CC2OC1(c2ccc(Cl)c(Cl)c2)CN(C(=O)Cc2cccc(OC(C)C)c2)CCC1Cc1ccccc1. The molecule has 0 radical (unpaired) electrons. The number of rotatable bonds is 10. The number of quaternary nitrogens is 1. The fraction of sp³-hybridized carbons (Fsp3) is 0.500. The molecule has 0 spiro atoms. The zero-order valence-corrected chi connectivity index (χ0v) is 28.4. The summed E-state index contributed by atoms with van der Waals surface area (Å²) in [5.74, 6) is 1.75. The van der Waals surface area contributed by atoms with E-state index >= 15 is 0 Å². The molecule has 3 aromatic rings. The van der Waals surface area contributed by atoms with E-state index in [2.05, 4.69) is 43.3 Å². The first-order valence-corrected chi connectivity index (χ1v) is 17.5. The highest BCUT2D eigenvalue weighted by atomic mass is 35.5. The smallest absolute Gasteiger partial charge is 0.227 e. The van der Waals surface area contributed by atoms with Gasteiger partial charge in [0, 0.05) is 25.8 Å². The average molecular weight is 651 g/mol. The second-order valence-corrected chi connectivity index (χ2v) is 14.5. The Balaban J connectivity index is 1.38. The summed E-state index contributed by atoms with van der Waals surface area (Å²) in [5.41, 5.74) is 2.52. The van der Waals surface area contributed by atoms with Crippen molar-refractivity contribution in [3.05, 3.63) is 99.5 Å². The van der Waals surface area contributed by atoms with Crippen LogP contribution in [-0.2, 0) is 28.0 Å². The molecular weight excluding hydrogens is 603 g/mol. The fourth-order valence-electron chi connectivity index (χ4n) is 8.08. The maximum absolute atomic E-state index is 14.1. The fourth-order valence-corrected chi connectivity index (χ4v) is 8.38. The van der Waals surface area contributed by atoms with Crippen LogP contribution in [0.15, 0.2) is 72.8 Å². The van der Waals surface area contributed by atoms with Crippen molar-refractivity contribution in [3.63, 3.8) is 0 Å². The van der Waals surface area contributed by atoms with E-state index in [0.29, 0.717) is 35.5 Å². The van der Waals surface area contributed by atoms with Gasteiger partial charge in [-0.2, -0.15) is 0 Å². The quantitative estimate of drug-likeness (QED) is 0.207. The minimum atomic E-state index is -0.733. The zero-order chi connectivity index (χ0) is 31.6.